The lowest BCUT2D eigenvalue weighted by Gasteiger charge is -2.37. The molecule has 0 aliphatic carbocycles. The van der Waals surface area contributed by atoms with Gasteiger partial charge in [0.1, 0.15) is 0 Å². The molecule has 160 valence electrons. The predicted octanol–water partition coefficient (Wildman–Crippen LogP) is 3.88. The maximum Gasteiger partial charge on any atom is 0.257 e. The van der Waals surface area contributed by atoms with E-state index in [1.54, 1.807) is 24.5 Å². The van der Waals surface area contributed by atoms with Crippen LogP contribution in [0.1, 0.15) is 41.4 Å². The van der Waals surface area contributed by atoms with E-state index in [-0.39, 0.29) is 5.91 Å². The van der Waals surface area contributed by atoms with Gasteiger partial charge in [-0.25, -0.2) is 9.97 Å². The van der Waals surface area contributed by atoms with Gasteiger partial charge in [-0.1, -0.05) is 19.9 Å². The third kappa shape index (κ3) is 4.82. The van der Waals surface area contributed by atoms with Gasteiger partial charge < -0.3 is 15.1 Å². The van der Waals surface area contributed by atoms with Crippen molar-refractivity contribution in [2.45, 2.75) is 26.7 Å². The molecule has 0 radical (unpaired) electrons. The number of benzene rings is 1. The predicted molar refractivity (Wildman–Crippen MR) is 124 cm³/mol. The van der Waals surface area contributed by atoms with E-state index >= 15 is 0 Å². The quantitative estimate of drug-likeness (QED) is 0.680. The summed E-state index contributed by atoms with van der Waals surface area (Å²) in [5.41, 5.74) is 4.63. The Balaban J connectivity index is 1.55. The Bertz CT molecular complexity index is 1040. The smallest absolute Gasteiger partial charge is 0.257 e. The molecule has 1 fully saturated rings. The summed E-state index contributed by atoms with van der Waals surface area (Å²) in [6.07, 6.45) is 5.05. The van der Waals surface area contributed by atoms with Gasteiger partial charge in [0, 0.05) is 50.5 Å². The Kier molecular flexibility index (Phi) is 6.11. The summed E-state index contributed by atoms with van der Waals surface area (Å²) in [6, 6.07) is 11.7. The Morgan fingerprint density at radius 3 is 2.48 bits per heavy atom. The first-order valence-electron chi connectivity index (χ1n) is 10.7. The lowest BCUT2D eigenvalue weighted by Crippen LogP contribution is -2.47. The van der Waals surface area contributed by atoms with Gasteiger partial charge in [-0.15, -0.1) is 0 Å². The third-order valence-corrected chi connectivity index (χ3v) is 5.55. The molecule has 4 rings (SSSR count). The van der Waals surface area contributed by atoms with Crippen molar-refractivity contribution in [2.75, 3.05) is 41.3 Å². The molecule has 3 heterocycles. The van der Waals surface area contributed by atoms with Crippen LogP contribution in [0.2, 0.25) is 0 Å². The minimum Gasteiger partial charge on any atom is -0.366 e. The number of amides is 1. The number of nitrogens with zero attached hydrogens (tertiary/aromatic N) is 5. The molecular formula is C24H28N6O. The van der Waals surface area contributed by atoms with E-state index in [0.717, 1.165) is 49.2 Å². The van der Waals surface area contributed by atoms with E-state index in [0.29, 0.717) is 11.5 Å². The molecule has 1 saturated heterocycles. The number of piperazine rings is 1. The molecular weight excluding hydrogens is 388 g/mol. The summed E-state index contributed by atoms with van der Waals surface area (Å²) in [5, 5.41) is 3.08. The molecule has 7 nitrogen and oxygen atoms in total. The highest BCUT2D eigenvalue weighted by Gasteiger charge is 2.22. The van der Waals surface area contributed by atoms with Crippen molar-refractivity contribution in [3.63, 3.8) is 0 Å². The van der Waals surface area contributed by atoms with E-state index in [9.17, 15) is 4.79 Å². The summed E-state index contributed by atoms with van der Waals surface area (Å²) in [7, 11) is 0. The number of pyridine rings is 1. The van der Waals surface area contributed by atoms with Gasteiger partial charge >= 0.3 is 0 Å². The van der Waals surface area contributed by atoms with Crippen LogP contribution in [0.3, 0.4) is 0 Å². The highest BCUT2D eigenvalue weighted by atomic mass is 16.1. The Hall–Kier alpha value is -3.48. The van der Waals surface area contributed by atoms with Crippen molar-refractivity contribution in [3.8, 4) is 0 Å². The number of hydrogen-bond acceptors (Lipinski definition) is 6. The van der Waals surface area contributed by atoms with Crippen LogP contribution in [0.4, 0.5) is 17.3 Å². The van der Waals surface area contributed by atoms with Gasteiger partial charge in [0.25, 0.3) is 5.91 Å². The first kappa shape index (κ1) is 20.8. The number of carbonyl (C=O) groups is 1. The van der Waals surface area contributed by atoms with Crippen LogP contribution in [0, 0.1) is 6.92 Å². The topological polar surface area (TPSA) is 74.2 Å². The molecule has 2 aromatic heterocycles. The highest BCUT2D eigenvalue weighted by molar-refractivity contribution is 6.05. The van der Waals surface area contributed by atoms with E-state index in [4.69, 9.17) is 0 Å². The van der Waals surface area contributed by atoms with Crippen LogP contribution in [-0.4, -0.2) is 47.0 Å². The average Bonchev–Trinajstić information content (AvgIpc) is 2.80. The standard InChI is InChI=1S/C24H28N6O/c1-17(2)19-6-7-21(28-23(31)20-5-4-9-25-16-20)22(15-19)29-11-13-30(14-12-29)24-26-10-8-18(3)27-24/h4-10,15-17H,11-14H2,1-3H3,(H,28,31). The van der Waals surface area contributed by atoms with Gasteiger partial charge in [0.05, 0.1) is 16.9 Å². The molecule has 1 aliphatic rings. The van der Waals surface area contributed by atoms with Gasteiger partial charge in [0.15, 0.2) is 0 Å². The number of aromatic nitrogens is 3. The molecule has 7 heteroatoms. The number of carbonyl (C=O) groups excluding carboxylic acids is 1. The average molecular weight is 417 g/mol. The van der Waals surface area contributed by atoms with Crippen LogP contribution < -0.4 is 15.1 Å². The van der Waals surface area contributed by atoms with E-state index in [2.05, 4.69) is 56.0 Å². The van der Waals surface area contributed by atoms with E-state index in [1.165, 1.54) is 5.56 Å². The second-order valence-electron chi connectivity index (χ2n) is 8.10. The SMILES string of the molecule is Cc1ccnc(N2CCN(c3cc(C(C)C)ccc3NC(=O)c3cccnc3)CC2)n1. The number of rotatable bonds is 5. The zero-order valence-electron chi connectivity index (χ0n) is 18.2. The largest absolute Gasteiger partial charge is 0.366 e. The summed E-state index contributed by atoms with van der Waals surface area (Å²) in [6.45, 7) is 9.65. The summed E-state index contributed by atoms with van der Waals surface area (Å²) in [4.78, 5) is 30.3. The Labute approximate surface area is 183 Å². The maximum atomic E-state index is 12.7. The first-order chi connectivity index (χ1) is 15.0. The Morgan fingerprint density at radius 2 is 1.81 bits per heavy atom. The van der Waals surface area contributed by atoms with E-state index in [1.807, 2.05) is 25.3 Å². The van der Waals surface area contributed by atoms with Gasteiger partial charge in [0.2, 0.25) is 5.95 Å². The first-order valence-corrected chi connectivity index (χ1v) is 10.7. The number of nitrogens with one attached hydrogen (secondary N) is 1. The third-order valence-electron chi connectivity index (χ3n) is 5.55. The zero-order chi connectivity index (χ0) is 21.8. The molecule has 31 heavy (non-hydrogen) atoms. The minimum atomic E-state index is -0.154. The molecule has 3 aromatic rings. The monoisotopic (exact) mass is 416 g/mol. The molecule has 0 spiro atoms. The lowest BCUT2D eigenvalue weighted by molar-refractivity contribution is 0.102. The van der Waals surface area contributed by atoms with Crippen molar-refractivity contribution >= 4 is 23.2 Å². The molecule has 0 atom stereocenters. The summed E-state index contributed by atoms with van der Waals surface area (Å²) >= 11 is 0. The molecule has 0 saturated carbocycles. The fourth-order valence-corrected chi connectivity index (χ4v) is 3.70. The van der Waals surface area contributed by atoms with Crippen LogP contribution in [-0.2, 0) is 0 Å². The van der Waals surface area contributed by atoms with Crippen LogP contribution in [0.15, 0.2) is 55.0 Å². The maximum absolute atomic E-state index is 12.7. The normalized spacial score (nSPS) is 14.1. The number of hydrogen-bond donors (Lipinski definition) is 1. The molecule has 1 amide bonds. The van der Waals surface area contributed by atoms with Crippen molar-refractivity contribution in [1.29, 1.82) is 0 Å². The van der Waals surface area contributed by atoms with Gasteiger partial charge in [-0.2, -0.15) is 0 Å². The molecule has 0 bridgehead atoms. The number of aryl methyl sites for hydroxylation is 1. The fourth-order valence-electron chi connectivity index (χ4n) is 3.70. The molecule has 1 aromatic carbocycles. The minimum absolute atomic E-state index is 0.154. The molecule has 1 aliphatic heterocycles. The second-order valence-corrected chi connectivity index (χ2v) is 8.10. The lowest BCUT2D eigenvalue weighted by atomic mass is 10.0. The molecule has 0 unspecified atom stereocenters. The van der Waals surface area contributed by atoms with Crippen molar-refractivity contribution in [3.05, 3.63) is 71.8 Å². The van der Waals surface area contributed by atoms with Gasteiger partial charge in [-0.05, 0) is 48.7 Å². The van der Waals surface area contributed by atoms with E-state index < -0.39 is 0 Å². The van der Waals surface area contributed by atoms with Crippen molar-refractivity contribution in [2.24, 2.45) is 0 Å². The van der Waals surface area contributed by atoms with Crippen LogP contribution >= 0.6 is 0 Å². The summed E-state index contributed by atoms with van der Waals surface area (Å²) < 4.78 is 0. The highest BCUT2D eigenvalue weighted by Crippen LogP contribution is 2.31. The fraction of sp³-hybridized carbons (Fsp3) is 0.333. The summed E-state index contributed by atoms with van der Waals surface area (Å²) in [5.74, 6) is 1.03. The Morgan fingerprint density at radius 1 is 1.03 bits per heavy atom. The van der Waals surface area contributed by atoms with Crippen LogP contribution in [0.5, 0.6) is 0 Å². The van der Waals surface area contributed by atoms with Crippen molar-refractivity contribution in [1.82, 2.24) is 15.0 Å². The van der Waals surface area contributed by atoms with Gasteiger partial charge in [-0.3, -0.25) is 9.78 Å². The van der Waals surface area contributed by atoms with Crippen molar-refractivity contribution < 1.29 is 4.79 Å². The second kappa shape index (κ2) is 9.12. The molecule has 1 N–H and O–H groups in total. The zero-order valence-corrected chi connectivity index (χ0v) is 18.2. The van der Waals surface area contributed by atoms with Crippen LogP contribution in [0.25, 0.3) is 0 Å². The number of anilines is 3.